The molecular formula is C13H16N2O5. The number of non-ortho nitro benzene ring substituents is 1. The average molecular weight is 280 g/mol. The van der Waals surface area contributed by atoms with Crippen molar-refractivity contribution < 1.29 is 19.6 Å². The fourth-order valence-electron chi connectivity index (χ4n) is 1.64. The number of nitrogens with zero attached hydrogens (tertiary/aromatic N) is 1. The van der Waals surface area contributed by atoms with Gasteiger partial charge in [0.2, 0.25) is 5.91 Å². The van der Waals surface area contributed by atoms with Crippen LogP contribution in [0.1, 0.15) is 18.9 Å². The zero-order valence-electron chi connectivity index (χ0n) is 11.0. The van der Waals surface area contributed by atoms with Crippen molar-refractivity contribution in [2.45, 2.75) is 19.8 Å². The van der Waals surface area contributed by atoms with Crippen LogP contribution in [0.2, 0.25) is 0 Å². The first-order valence-electron chi connectivity index (χ1n) is 6.10. The minimum Gasteiger partial charge on any atom is -0.481 e. The first-order chi connectivity index (χ1) is 9.38. The third kappa shape index (κ3) is 5.47. The molecule has 0 bridgehead atoms. The number of amides is 1. The molecule has 1 aromatic carbocycles. The fraction of sp³-hybridized carbons (Fsp3) is 0.385. The smallest absolute Gasteiger partial charge is 0.303 e. The topological polar surface area (TPSA) is 110 Å². The van der Waals surface area contributed by atoms with Gasteiger partial charge in [0.15, 0.2) is 0 Å². The second kappa shape index (κ2) is 7.22. The molecule has 0 saturated heterocycles. The van der Waals surface area contributed by atoms with Crippen LogP contribution in [0.4, 0.5) is 5.69 Å². The van der Waals surface area contributed by atoms with Crippen LogP contribution in [0, 0.1) is 16.0 Å². The Morgan fingerprint density at radius 1 is 1.35 bits per heavy atom. The van der Waals surface area contributed by atoms with Gasteiger partial charge < -0.3 is 10.4 Å². The number of rotatable bonds is 7. The lowest BCUT2D eigenvalue weighted by atomic mass is 10.1. The highest BCUT2D eigenvalue weighted by atomic mass is 16.6. The van der Waals surface area contributed by atoms with E-state index >= 15 is 0 Å². The molecule has 20 heavy (non-hydrogen) atoms. The van der Waals surface area contributed by atoms with Crippen molar-refractivity contribution in [1.29, 1.82) is 0 Å². The fourth-order valence-corrected chi connectivity index (χ4v) is 1.64. The Kier molecular flexibility index (Phi) is 5.64. The lowest BCUT2D eigenvalue weighted by molar-refractivity contribution is -0.384. The van der Waals surface area contributed by atoms with E-state index in [2.05, 4.69) is 5.32 Å². The SMILES string of the molecule is CC(CNC(=O)Cc1ccc([N+](=O)[O-])cc1)CC(=O)O. The predicted molar refractivity (Wildman–Crippen MR) is 71.2 cm³/mol. The van der Waals surface area contributed by atoms with Gasteiger partial charge in [0.25, 0.3) is 5.69 Å². The van der Waals surface area contributed by atoms with Gasteiger partial charge in [-0.25, -0.2) is 0 Å². The van der Waals surface area contributed by atoms with Crippen molar-refractivity contribution >= 4 is 17.6 Å². The van der Waals surface area contributed by atoms with Gasteiger partial charge >= 0.3 is 5.97 Å². The number of carboxylic acid groups (broad SMARTS) is 1. The van der Waals surface area contributed by atoms with Gasteiger partial charge in [0, 0.05) is 25.1 Å². The lowest BCUT2D eigenvalue weighted by Gasteiger charge is -2.10. The van der Waals surface area contributed by atoms with E-state index in [4.69, 9.17) is 5.11 Å². The molecule has 108 valence electrons. The van der Waals surface area contributed by atoms with Gasteiger partial charge in [-0.2, -0.15) is 0 Å². The summed E-state index contributed by atoms with van der Waals surface area (Å²) >= 11 is 0. The largest absolute Gasteiger partial charge is 0.481 e. The zero-order valence-corrected chi connectivity index (χ0v) is 11.0. The summed E-state index contributed by atoms with van der Waals surface area (Å²) in [5, 5.41) is 21.7. The maximum Gasteiger partial charge on any atom is 0.303 e. The molecule has 0 heterocycles. The molecule has 0 fully saturated rings. The number of carboxylic acids is 1. The summed E-state index contributed by atoms with van der Waals surface area (Å²) in [7, 11) is 0. The molecule has 0 aliphatic rings. The number of hydrogen-bond donors (Lipinski definition) is 2. The molecule has 2 N–H and O–H groups in total. The van der Waals surface area contributed by atoms with Gasteiger partial charge in [-0.05, 0) is 11.5 Å². The van der Waals surface area contributed by atoms with E-state index in [0.717, 1.165) is 0 Å². The van der Waals surface area contributed by atoms with Crippen LogP contribution < -0.4 is 5.32 Å². The molecule has 0 aliphatic heterocycles. The van der Waals surface area contributed by atoms with Crippen molar-refractivity contribution in [3.63, 3.8) is 0 Å². The molecule has 1 unspecified atom stereocenters. The van der Waals surface area contributed by atoms with Crippen LogP contribution >= 0.6 is 0 Å². The number of hydrogen-bond acceptors (Lipinski definition) is 4. The molecule has 0 saturated carbocycles. The Morgan fingerprint density at radius 2 is 1.95 bits per heavy atom. The second-order valence-corrected chi connectivity index (χ2v) is 4.61. The van der Waals surface area contributed by atoms with Gasteiger partial charge in [-0.1, -0.05) is 19.1 Å². The Hall–Kier alpha value is -2.44. The Morgan fingerprint density at radius 3 is 2.45 bits per heavy atom. The second-order valence-electron chi connectivity index (χ2n) is 4.61. The van der Waals surface area contributed by atoms with Gasteiger partial charge in [-0.3, -0.25) is 19.7 Å². The van der Waals surface area contributed by atoms with Crippen molar-refractivity contribution in [1.82, 2.24) is 5.32 Å². The number of aliphatic carboxylic acids is 1. The van der Waals surface area contributed by atoms with Crippen LogP contribution in [0.5, 0.6) is 0 Å². The molecule has 1 aromatic rings. The predicted octanol–water partition coefficient (Wildman–Crippen LogP) is 1.36. The van der Waals surface area contributed by atoms with Crippen LogP contribution in [-0.2, 0) is 16.0 Å². The third-order valence-corrected chi connectivity index (χ3v) is 2.68. The molecule has 1 rings (SSSR count). The zero-order chi connectivity index (χ0) is 15.1. The Labute approximate surface area is 115 Å². The standard InChI is InChI=1S/C13H16N2O5/c1-9(6-13(17)18)8-14-12(16)7-10-2-4-11(5-3-10)15(19)20/h2-5,9H,6-8H2,1H3,(H,14,16)(H,17,18). The Bertz CT molecular complexity index is 498. The molecule has 0 radical (unpaired) electrons. The molecule has 1 atom stereocenters. The minimum absolute atomic E-state index is 0.00217. The maximum absolute atomic E-state index is 11.6. The van der Waals surface area contributed by atoms with Crippen molar-refractivity contribution in [2.24, 2.45) is 5.92 Å². The monoisotopic (exact) mass is 280 g/mol. The first-order valence-corrected chi connectivity index (χ1v) is 6.10. The van der Waals surface area contributed by atoms with Crippen molar-refractivity contribution in [3.8, 4) is 0 Å². The highest BCUT2D eigenvalue weighted by molar-refractivity contribution is 5.78. The Balaban J connectivity index is 2.42. The summed E-state index contributed by atoms with van der Waals surface area (Å²) in [5.74, 6) is -1.29. The number of benzene rings is 1. The maximum atomic E-state index is 11.6. The van der Waals surface area contributed by atoms with Crippen molar-refractivity contribution in [3.05, 3.63) is 39.9 Å². The third-order valence-electron chi connectivity index (χ3n) is 2.68. The normalized spacial score (nSPS) is 11.7. The van der Waals surface area contributed by atoms with Crippen LogP contribution in [0.25, 0.3) is 0 Å². The summed E-state index contributed by atoms with van der Waals surface area (Å²) in [6, 6.07) is 5.74. The van der Waals surface area contributed by atoms with Crippen LogP contribution in [0.15, 0.2) is 24.3 Å². The van der Waals surface area contributed by atoms with Crippen LogP contribution in [-0.4, -0.2) is 28.5 Å². The molecule has 7 nitrogen and oxygen atoms in total. The summed E-state index contributed by atoms with van der Waals surface area (Å²) in [6.45, 7) is 2.03. The van der Waals surface area contributed by atoms with E-state index in [9.17, 15) is 19.7 Å². The summed E-state index contributed by atoms with van der Waals surface area (Å²) in [4.78, 5) is 32.1. The number of nitro benzene ring substituents is 1. The molecule has 7 heteroatoms. The van der Waals surface area contributed by atoms with E-state index in [1.54, 1.807) is 6.92 Å². The number of nitrogens with one attached hydrogen (secondary N) is 1. The molecule has 0 aromatic heterocycles. The van der Waals surface area contributed by atoms with E-state index in [1.165, 1.54) is 24.3 Å². The number of carbonyl (C=O) groups is 2. The summed E-state index contributed by atoms with van der Waals surface area (Å²) < 4.78 is 0. The van der Waals surface area contributed by atoms with E-state index in [-0.39, 0.29) is 36.9 Å². The van der Waals surface area contributed by atoms with Gasteiger partial charge in [0.1, 0.15) is 0 Å². The average Bonchev–Trinajstić information content (AvgIpc) is 2.36. The van der Waals surface area contributed by atoms with E-state index in [1.807, 2.05) is 0 Å². The van der Waals surface area contributed by atoms with Gasteiger partial charge in [-0.15, -0.1) is 0 Å². The highest BCUT2D eigenvalue weighted by Gasteiger charge is 2.10. The van der Waals surface area contributed by atoms with Gasteiger partial charge in [0.05, 0.1) is 11.3 Å². The number of nitro groups is 1. The summed E-state index contributed by atoms with van der Waals surface area (Å²) in [6.07, 6.45) is 0.107. The number of carbonyl (C=O) groups excluding carboxylic acids is 1. The quantitative estimate of drug-likeness (QED) is 0.579. The first kappa shape index (κ1) is 15.6. The highest BCUT2D eigenvalue weighted by Crippen LogP contribution is 2.12. The van der Waals surface area contributed by atoms with Crippen LogP contribution in [0.3, 0.4) is 0 Å². The molecule has 1 amide bonds. The molecular weight excluding hydrogens is 264 g/mol. The summed E-state index contributed by atoms with van der Waals surface area (Å²) in [5.41, 5.74) is 0.642. The van der Waals surface area contributed by atoms with E-state index < -0.39 is 10.9 Å². The van der Waals surface area contributed by atoms with E-state index in [0.29, 0.717) is 5.56 Å². The molecule has 0 aliphatic carbocycles. The van der Waals surface area contributed by atoms with Crippen molar-refractivity contribution in [2.75, 3.05) is 6.54 Å². The minimum atomic E-state index is -0.901. The molecule has 0 spiro atoms. The lowest BCUT2D eigenvalue weighted by Crippen LogP contribution is -2.30.